The topological polar surface area (TPSA) is 33.2 Å². The zero-order chi connectivity index (χ0) is 18.2. The molecule has 0 bridgehead atoms. The molecule has 27 heavy (non-hydrogen) atoms. The number of carbonyl (C=O) groups excluding carboxylic acids is 1. The molecule has 2 heterocycles. The van der Waals surface area contributed by atoms with Crippen LogP contribution in [-0.2, 0) is 0 Å². The van der Waals surface area contributed by atoms with Crippen LogP contribution in [0.5, 0.6) is 0 Å². The van der Waals surface area contributed by atoms with E-state index in [0.717, 1.165) is 47.4 Å². The van der Waals surface area contributed by atoms with Crippen molar-refractivity contribution < 1.29 is 4.79 Å². The lowest BCUT2D eigenvalue weighted by Gasteiger charge is -2.32. The third-order valence-corrected chi connectivity index (χ3v) is 6.56. The van der Waals surface area contributed by atoms with Crippen LogP contribution in [0, 0.1) is 0 Å². The highest BCUT2D eigenvalue weighted by Crippen LogP contribution is 2.33. The van der Waals surface area contributed by atoms with Gasteiger partial charge in [-0.25, -0.2) is 4.98 Å². The monoisotopic (exact) mass is 372 g/mol. The summed E-state index contributed by atoms with van der Waals surface area (Å²) in [6.45, 7) is 1.58. The number of likely N-dealkylation sites (tertiary alicyclic amines) is 1. The molecule has 0 N–H and O–H groups in total. The number of thiazole rings is 1. The number of piperidine rings is 1. The van der Waals surface area contributed by atoms with Crippen LogP contribution in [0.15, 0.2) is 66.7 Å². The van der Waals surface area contributed by atoms with Crippen molar-refractivity contribution in [2.45, 2.75) is 18.8 Å². The molecule has 4 aromatic rings. The molecule has 1 aromatic heterocycles. The summed E-state index contributed by atoms with van der Waals surface area (Å²) in [7, 11) is 0. The Morgan fingerprint density at radius 3 is 2.70 bits per heavy atom. The summed E-state index contributed by atoms with van der Waals surface area (Å²) >= 11 is 1.77. The number of hydrogen-bond acceptors (Lipinski definition) is 3. The molecule has 4 heteroatoms. The summed E-state index contributed by atoms with van der Waals surface area (Å²) < 4.78 is 1.23. The van der Waals surface area contributed by atoms with Gasteiger partial charge in [0.25, 0.3) is 5.91 Å². The first kappa shape index (κ1) is 16.5. The first-order valence-electron chi connectivity index (χ1n) is 9.41. The summed E-state index contributed by atoms with van der Waals surface area (Å²) in [6.07, 6.45) is 2.13. The fourth-order valence-corrected chi connectivity index (χ4v) is 5.03. The van der Waals surface area contributed by atoms with Crippen LogP contribution in [0.3, 0.4) is 0 Å². The summed E-state index contributed by atoms with van der Waals surface area (Å²) in [6, 6.07) is 22.5. The van der Waals surface area contributed by atoms with Crippen molar-refractivity contribution in [1.29, 1.82) is 0 Å². The highest BCUT2D eigenvalue weighted by atomic mass is 32.1. The molecule has 0 spiro atoms. The van der Waals surface area contributed by atoms with Crippen LogP contribution < -0.4 is 0 Å². The minimum absolute atomic E-state index is 0.131. The van der Waals surface area contributed by atoms with Crippen molar-refractivity contribution in [1.82, 2.24) is 9.88 Å². The molecule has 1 atom stereocenters. The van der Waals surface area contributed by atoms with Crippen molar-refractivity contribution >= 4 is 38.2 Å². The van der Waals surface area contributed by atoms with Gasteiger partial charge in [0, 0.05) is 24.6 Å². The predicted molar refractivity (Wildman–Crippen MR) is 111 cm³/mol. The summed E-state index contributed by atoms with van der Waals surface area (Å²) in [5, 5.41) is 3.44. The number of carbonyl (C=O) groups is 1. The average Bonchev–Trinajstić information content (AvgIpc) is 3.17. The minimum atomic E-state index is 0.131. The molecule has 1 unspecified atom stereocenters. The smallest absolute Gasteiger partial charge is 0.253 e. The van der Waals surface area contributed by atoms with Gasteiger partial charge in [0.1, 0.15) is 0 Å². The second kappa shape index (κ2) is 6.78. The maximum absolute atomic E-state index is 13.1. The van der Waals surface area contributed by atoms with Crippen molar-refractivity contribution in [2.75, 3.05) is 13.1 Å². The van der Waals surface area contributed by atoms with E-state index < -0.39 is 0 Å². The highest BCUT2D eigenvalue weighted by Gasteiger charge is 2.27. The summed E-state index contributed by atoms with van der Waals surface area (Å²) in [4.78, 5) is 19.9. The zero-order valence-corrected chi connectivity index (χ0v) is 15.8. The van der Waals surface area contributed by atoms with E-state index in [2.05, 4.69) is 30.3 Å². The molecule has 1 saturated heterocycles. The molecule has 0 aliphatic carbocycles. The molecule has 0 saturated carbocycles. The van der Waals surface area contributed by atoms with Crippen molar-refractivity contribution in [3.05, 3.63) is 77.3 Å². The number of amides is 1. The molecular formula is C23H20N2OS. The van der Waals surface area contributed by atoms with Crippen LogP contribution in [0.1, 0.15) is 34.1 Å². The number of rotatable bonds is 2. The third-order valence-electron chi connectivity index (χ3n) is 5.36. The number of hydrogen-bond donors (Lipinski definition) is 0. The van der Waals surface area contributed by atoms with Crippen LogP contribution in [-0.4, -0.2) is 28.9 Å². The van der Waals surface area contributed by atoms with Crippen LogP contribution >= 0.6 is 11.3 Å². The molecule has 1 amide bonds. The van der Waals surface area contributed by atoms with E-state index in [1.165, 1.54) is 10.1 Å². The van der Waals surface area contributed by atoms with Gasteiger partial charge in [-0.05, 0) is 47.9 Å². The quantitative estimate of drug-likeness (QED) is 0.467. The van der Waals surface area contributed by atoms with Gasteiger partial charge < -0.3 is 4.90 Å². The van der Waals surface area contributed by atoms with Crippen molar-refractivity contribution in [3.8, 4) is 0 Å². The van der Waals surface area contributed by atoms with Gasteiger partial charge in [-0.2, -0.15) is 0 Å². The Labute approximate surface area is 162 Å². The third kappa shape index (κ3) is 3.10. The summed E-state index contributed by atoms with van der Waals surface area (Å²) in [5.74, 6) is 0.465. The first-order valence-corrected chi connectivity index (χ1v) is 10.2. The van der Waals surface area contributed by atoms with E-state index in [-0.39, 0.29) is 5.91 Å². The lowest BCUT2D eigenvalue weighted by atomic mass is 9.97. The van der Waals surface area contributed by atoms with E-state index >= 15 is 0 Å². The van der Waals surface area contributed by atoms with Crippen LogP contribution in [0.2, 0.25) is 0 Å². The summed E-state index contributed by atoms with van der Waals surface area (Å²) in [5.41, 5.74) is 1.84. The number of aromatic nitrogens is 1. The van der Waals surface area contributed by atoms with Crippen molar-refractivity contribution in [3.63, 3.8) is 0 Å². The lowest BCUT2D eigenvalue weighted by Crippen LogP contribution is -2.39. The maximum Gasteiger partial charge on any atom is 0.253 e. The lowest BCUT2D eigenvalue weighted by molar-refractivity contribution is 0.0707. The number of nitrogens with zero attached hydrogens (tertiary/aromatic N) is 2. The number of benzene rings is 3. The number of fused-ring (bicyclic) bond motifs is 2. The van der Waals surface area contributed by atoms with E-state index in [4.69, 9.17) is 4.98 Å². The molecule has 1 aliphatic heterocycles. The van der Waals surface area contributed by atoms with Crippen LogP contribution in [0.4, 0.5) is 0 Å². The molecule has 1 fully saturated rings. The first-order chi connectivity index (χ1) is 13.3. The van der Waals surface area contributed by atoms with E-state index in [1.807, 2.05) is 41.3 Å². The van der Waals surface area contributed by atoms with Gasteiger partial charge in [0.2, 0.25) is 0 Å². The SMILES string of the molecule is O=C(c1ccc2ccccc2c1)N1CCCC(c2nc3ccccc3s2)C1. The second-order valence-electron chi connectivity index (χ2n) is 7.17. The zero-order valence-electron chi connectivity index (χ0n) is 15.0. The molecule has 3 aromatic carbocycles. The molecule has 0 radical (unpaired) electrons. The fraction of sp³-hybridized carbons (Fsp3) is 0.217. The fourth-order valence-electron chi connectivity index (χ4n) is 3.93. The van der Waals surface area contributed by atoms with Gasteiger partial charge in [-0.3, -0.25) is 4.79 Å². The molecular weight excluding hydrogens is 352 g/mol. The Balaban J connectivity index is 1.40. The highest BCUT2D eigenvalue weighted by molar-refractivity contribution is 7.18. The Morgan fingerprint density at radius 1 is 1.00 bits per heavy atom. The largest absolute Gasteiger partial charge is 0.338 e. The Morgan fingerprint density at radius 2 is 1.81 bits per heavy atom. The van der Waals surface area contributed by atoms with Gasteiger partial charge in [0.15, 0.2) is 0 Å². The second-order valence-corrected chi connectivity index (χ2v) is 8.23. The van der Waals surface area contributed by atoms with E-state index in [9.17, 15) is 4.79 Å². The standard InChI is InChI=1S/C23H20N2OS/c26-23(18-12-11-16-6-1-2-7-17(16)14-18)25-13-5-8-19(15-25)22-24-20-9-3-4-10-21(20)27-22/h1-4,6-7,9-12,14,19H,5,8,13,15H2. The van der Waals surface area contributed by atoms with Crippen LogP contribution in [0.25, 0.3) is 21.0 Å². The normalized spacial score (nSPS) is 17.5. The predicted octanol–water partition coefficient (Wildman–Crippen LogP) is 5.47. The van der Waals surface area contributed by atoms with E-state index in [0.29, 0.717) is 5.92 Å². The molecule has 1 aliphatic rings. The Bertz CT molecular complexity index is 1100. The molecule has 3 nitrogen and oxygen atoms in total. The van der Waals surface area contributed by atoms with Gasteiger partial charge >= 0.3 is 0 Å². The van der Waals surface area contributed by atoms with Gasteiger partial charge in [0.05, 0.1) is 15.2 Å². The average molecular weight is 372 g/mol. The van der Waals surface area contributed by atoms with E-state index in [1.54, 1.807) is 11.3 Å². The minimum Gasteiger partial charge on any atom is -0.338 e. The van der Waals surface area contributed by atoms with Gasteiger partial charge in [-0.1, -0.05) is 42.5 Å². The molecule has 134 valence electrons. The number of para-hydroxylation sites is 1. The van der Waals surface area contributed by atoms with Crippen molar-refractivity contribution in [2.24, 2.45) is 0 Å². The Hall–Kier alpha value is -2.72. The maximum atomic E-state index is 13.1. The Kier molecular flexibility index (Phi) is 4.13. The molecule has 5 rings (SSSR count). The van der Waals surface area contributed by atoms with Gasteiger partial charge in [-0.15, -0.1) is 11.3 Å².